The number of nitrogens with one attached hydrogen (secondary N) is 1. The normalized spacial score (nSPS) is 10.6. The van der Waals surface area contributed by atoms with Gasteiger partial charge in [-0.2, -0.15) is 0 Å². The Labute approximate surface area is 140 Å². The van der Waals surface area contributed by atoms with E-state index in [0.717, 1.165) is 5.56 Å². The molecule has 0 heterocycles. The van der Waals surface area contributed by atoms with Crippen LogP contribution in [0, 0.1) is 0 Å². The van der Waals surface area contributed by atoms with Crippen LogP contribution in [0.5, 0.6) is 11.5 Å². The van der Waals surface area contributed by atoms with Gasteiger partial charge in [0.15, 0.2) is 11.5 Å². The van der Waals surface area contributed by atoms with Crippen LogP contribution in [0.25, 0.3) is 6.08 Å². The van der Waals surface area contributed by atoms with E-state index in [4.69, 9.17) is 21.1 Å². The molecule has 0 unspecified atom stereocenters. The Morgan fingerprint density at radius 3 is 2.74 bits per heavy atom. The molecule has 0 saturated heterocycles. The van der Waals surface area contributed by atoms with Gasteiger partial charge in [-0.1, -0.05) is 23.7 Å². The summed E-state index contributed by atoms with van der Waals surface area (Å²) in [6.07, 6.45) is 3.15. The number of carbonyl (C=O) groups excluding carboxylic acids is 1. The molecule has 0 fully saturated rings. The zero-order valence-electron chi connectivity index (χ0n) is 13.0. The number of methoxy groups -OCH3 is 1. The Kier molecular flexibility index (Phi) is 6.06. The molecule has 120 valence electrons. The quantitative estimate of drug-likeness (QED) is 0.798. The number of halogens is 1. The van der Waals surface area contributed by atoms with E-state index in [-0.39, 0.29) is 5.91 Å². The largest absolute Gasteiger partial charge is 0.493 e. The second-order valence-electron chi connectivity index (χ2n) is 4.68. The molecule has 2 rings (SSSR count). The van der Waals surface area contributed by atoms with Crippen molar-refractivity contribution in [1.82, 2.24) is 0 Å². The van der Waals surface area contributed by atoms with Gasteiger partial charge >= 0.3 is 0 Å². The molecule has 4 nitrogen and oxygen atoms in total. The lowest BCUT2D eigenvalue weighted by molar-refractivity contribution is -0.111. The van der Waals surface area contributed by atoms with Crippen molar-refractivity contribution in [3.05, 3.63) is 59.1 Å². The highest BCUT2D eigenvalue weighted by molar-refractivity contribution is 6.30. The van der Waals surface area contributed by atoms with Crippen molar-refractivity contribution in [1.29, 1.82) is 0 Å². The number of benzene rings is 2. The molecule has 2 aromatic rings. The number of hydrogen-bond donors (Lipinski definition) is 1. The van der Waals surface area contributed by atoms with E-state index in [2.05, 4.69) is 5.32 Å². The fraction of sp³-hybridized carbons (Fsp3) is 0.167. The first-order chi connectivity index (χ1) is 11.1. The van der Waals surface area contributed by atoms with Gasteiger partial charge in [-0.3, -0.25) is 4.79 Å². The summed E-state index contributed by atoms with van der Waals surface area (Å²) in [4.78, 5) is 12.0. The van der Waals surface area contributed by atoms with E-state index in [9.17, 15) is 4.79 Å². The van der Waals surface area contributed by atoms with E-state index < -0.39 is 0 Å². The van der Waals surface area contributed by atoms with Crippen LogP contribution in [0.15, 0.2) is 48.5 Å². The van der Waals surface area contributed by atoms with Gasteiger partial charge < -0.3 is 14.8 Å². The van der Waals surface area contributed by atoms with Crippen LogP contribution in [0.1, 0.15) is 12.5 Å². The van der Waals surface area contributed by atoms with E-state index in [1.807, 2.05) is 19.1 Å². The minimum Gasteiger partial charge on any atom is -0.493 e. The summed E-state index contributed by atoms with van der Waals surface area (Å²) in [7, 11) is 1.56. The van der Waals surface area contributed by atoms with E-state index >= 15 is 0 Å². The van der Waals surface area contributed by atoms with Gasteiger partial charge in [0, 0.05) is 22.9 Å². The van der Waals surface area contributed by atoms with E-state index in [0.29, 0.717) is 28.8 Å². The Balaban J connectivity index is 2.05. The van der Waals surface area contributed by atoms with Crippen molar-refractivity contribution in [3.63, 3.8) is 0 Å². The molecule has 2 aromatic carbocycles. The average molecular weight is 332 g/mol. The second-order valence-corrected chi connectivity index (χ2v) is 5.11. The van der Waals surface area contributed by atoms with Crippen molar-refractivity contribution in [3.8, 4) is 11.5 Å². The highest BCUT2D eigenvalue weighted by Gasteiger charge is 2.06. The third-order valence-corrected chi connectivity index (χ3v) is 3.24. The first-order valence-corrected chi connectivity index (χ1v) is 7.55. The maximum Gasteiger partial charge on any atom is 0.248 e. The maximum absolute atomic E-state index is 12.0. The molecule has 0 aromatic heterocycles. The van der Waals surface area contributed by atoms with Crippen molar-refractivity contribution >= 4 is 29.3 Å². The Bertz CT molecular complexity index is 713. The number of hydrogen-bond acceptors (Lipinski definition) is 3. The van der Waals surface area contributed by atoms with Gasteiger partial charge in [0.2, 0.25) is 5.91 Å². The molecule has 1 N–H and O–H groups in total. The highest BCUT2D eigenvalue weighted by Crippen LogP contribution is 2.30. The monoisotopic (exact) mass is 331 g/mol. The fourth-order valence-electron chi connectivity index (χ4n) is 1.99. The lowest BCUT2D eigenvalue weighted by atomic mass is 10.2. The van der Waals surface area contributed by atoms with Crippen LogP contribution in [0.3, 0.4) is 0 Å². The lowest BCUT2D eigenvalue weighted by Gasteiger charge is -2.11. The molecular weight excluding hydrogens is 314 g/mol. The third-order valence-electron chi connectivity index (χ3n) is 3.01. The summed E-state index contributed by atoms with van der Waals surface area (Å²) in [5, 5.41) is 3.41. The van der Waals surface area contributed by atoms with Gasteiger partial charge in [0.05, 0.1) is 13.7 Å². The SMILES string of the molecule is CCOc1ccc(NC(=O)/C=C/c2cccc(Cl)c2)cc1OC. The summed E-state index contributed by atoms with van der Waals surface area (Å²) < 4.78 is 10.7. The van der Waals surface area contributed by atoms with E-state index in [1.165, 1.54) is 6.08 Å². The molecule has 0 aliphatic rings. The van der Waals surface area contributed by atoms with Crippen LogP contribution in [0.4, 0.5) is 5.69 Å². The molecule has 0 radical (unpaired) electrons. The average Bonchev–Trinajstić information content (AvgIpc) is 2.54. The standard InChI is InChI=1S/C18H18ClNO3/c1-3-23-16-9-8-15(12-17(16)22-2)20-18(21)10-7-13-5-4-6-14(19)11-13/h4-12H,3H2,1-2H3,(H,20,21)/b10-7+. The van der Waals surface area contributed by atoms with E-state index in [1.54, 1.807) is 43.5 Å². The summed E-state index contributed by atoms with van der Waals surface area (Å²) >= 11 is 5.90. The van der Waals surface area contributed by atoms with Crippen LogP contribution in [0.2, 0.25) is 5.02 Å². The summed E-state index contributed by atoms with van der Waals surface area (Å²) in [5.74, 6) is 0.974. The van der Waals surface area contributed by atoms with Crippen molar-refractivity contribution in [2.24, 2.45) is 0 Å². The van der Waals surface area contributed by atoms with Crippen molar-refractivity contribution < 1.29 is 14.3 Å². The predicted molar refractivity (Wildman–Crippen MR) is 93.3 cm³/mol. The molecular formula is C18H18ClNO3. The van der Waals surface area contributed by atoms with Crippen molar-refractivity contribution in [2.75, 3.05) is 19.0 Å². The summed E-state index contributed by atoms with van der Waals surface area (Å²) in [5.41, 5.74) is 1.49. The molecule has 1 amide bonds. The van der Waals surface area contributed by atoms with Crippen LogP contribution in [-0.2, 0) is 4.79 Å². The Hall–Kier alpha value is -2.46. The molecule has 5 heteroatoms. The number of ether oxygens (including phenoxy) is 2. The molecule has 0 spiro atoms. The zero-order valence-corrected chi connectivity index (χ0v) is 13.8. The smallest absolute Gasteiger partial charge is 0.248 e. The number of rotatable bonds is 6. The molecule has 0 aliphatic heterocycles. The summed E-state index contributed by atoms with van der Waals surface area (Å²) in [6.45, 7) is 2.44. The molecule has 23 heavy (non-hydrogen) atoms. The molecule has 0 atom stereocenters. The third kappa shape index (κ3) is 5.04. The lowest BCUT2D eigenvalue weighted by Crippen LogP contribution is -2.08. The van der Waals surface area contributed by atoms with Gasteiger partial charge in [-0.05, 0) is 42.8 Å². The molecule has 0 bridgehead atoms. The minimum atomic E-state index is -0.240. The van der Waals surface area contributed by atoms with Crippen LogP contribution >= 0.6 is 11.6 Å². The Morgan fingerprint density at radius 1 is 1.22 bits per heavy atom. The summed E-state index contributed by atoms with van der Waals surface area (Å²) in [6, 6.07) is 12.5. The van der Waals surface area contributed by atoms with Crippen LogP contribution in [-0.4, -0.2) is 19.6 Å². The molecule has 0 saturated carbocycles. The number of amides is 1. The van der Waals surface area contributed by atoms with Crippen LogP contribution < -0.4 is 14.8 Å². The minimum absolute atomic E-state index is 0.240. The second kappa shape index (κ2) is 8.25. The van der Waals surface area contributed by atoms with Gasteiger partial charge in [0.25, 0.3) is 0 Å². The zero-order chi connectivity index (χ0) is 16.7. The first kappa shape index (κ1) is 16.9. The topological polar surface area (TPSA) is 47.6 Å². The van der Waals surface area contributed by atoms with Gasteiger partial charge in [-0.15, -0.1) is 0 Å². The fourth-order valence-corrected chi connectivity index (χ4v) is 2.18. The van der Waals surface area contributed by atoms with Gasteiger partial charge in [-0.25, -0.2) is 0 Å². The molecule has 0 aliphatic carbocycles. The van der Waals surface area contributed by atoms with Gasteiger partial charge in [0.1, 0.15) is 0 Å². The first-order valence-electron chi connectivity index (χ1n) is 7.18. The highest BCUT2D eigenvalue weighted by atomic mass is 35.5. The number of carbonyl (C=O) groups is 1. The predicted octanol–water partition coefficient (Wildman–Crippen LogP) is 4.40. The Morgan fingerprint density at radius 2 is 2.04 bits per heavy atom. The maximum atomic E-state index is 12.0. The number of anilines is 1. The van der Waals surface area contributed by atoms with Crippen molar-refractivity contribution in [2.45, 2.75) is 6.92 Å².